The zero-order valence-electron chi connectivity index (χ0n) is 13.2. The molecule has 1 aliphatic carbocycles. The highest BCUT2D eigenvalue weighted by atomic mass is 16.5. The van der Waals surface area contributed by atoms with Gasteiger partial charge in [-0.3, -0.25) is 4.79 Å². The van der Waals surface area contributed by atoms with E-state index >= 15 is 0 Å². The first kappa shape index (κ1) is 15.8. The Hall–Kier alpha value is -1.55. The van der Waals surface area contributed by atoms with Crippen LogP contribution in [0.2, 0.25) is 0 Å². The molecule has 2 atom stereocenters. The fraction of sp³-hybridized carbons (Fsp3) is 0.588. The Morgan fingerprint density at radius 3 is 2.71 bits per heavy atom. The lowest BCUT2D eigenvalue weighted by Crippen LogP contribution is -2.37. The molecule has 116 valence electrons. The Morgan fingerprint density at radius 2 is 2.05 bits per heavy atom. The van der Waals surface area contributed by atoms with Crippen LogP contribution in [-0.2, 0) is 4.79 Å². The van der Waals surface area contributed by atoms with Crippen LogP contribution in [0.25, 0.3) is 0 Å². The minimum Gasteiger partial charge on any atom is -0.481 e. The number of para-hydroxylation sites is 1. The van der Waals surface area contributed by atoms with E-state index in [-0.39, 0.29) is 11.9 Å². The molecular weight excluding hydrogens is 264 g/mol. The zero-order valence-corrected chi connectivity index (χ0v) is 13.2. The van der Waals surface area contributed by atoms with Crippen LogP contribution in [0.3, 0.4) is 0 Å². The molecule has 0 aromatic heterocycles. The van der Waals surface area contributed by atoms with E-state index in [0.717, 1.165) is 37.1 Å². The van der Waals surface area contributed by atoms with E-state index in [0.29, 0.717) is 6.04 Å². The van der Waals surface area contributed by atoms with E-state index in [2.05, 4.69) is 24.5 Å². The maximum atomic E-state index is 12.0. The van der Waals surface area contributed by atoms with Gasteiger partial charge in [-0.25, -0.2) is 0 Å². The normalized spacial score (nSPS) is 17.1. The lowest BCUT2D eigenvalue weighted by atomic mass is 10.1. The molecule has 0 radical (unpaired) electrons. The highest BCUT2D eigenvalue weighted by molar-refractivity contribution is 5.81. The van der Waals surface area contributed by atoms with Gasteiger partial charge < -0.3 is 15.4 Å². The predicted octanol–water partition coefficient (Wildman–Crippen LogP) is 2.79. The van der Waals surface area contributed by atoms with Crippen molar-refractivity contribution in [1.29, 1.82) is 0 Å². The number of hydrogen-bond acceptors (Lipinski definition) is 3. The largest absolute Gasteiger partial charge is 0.481 e. The van der Waals surface area contributed by atoms with Crippen LogP contribution in [0.4, 0.5) is 0 Å². The number of rotatable bonds is 8. The number of amides is 1. The molecule has 0 aliphatic heterocycles. The molecule has 0 saturated heterocycles. The van der Waals surface area contributed by atoms with Crippen molar-refractivity contribution in [3.05, 3.63) is 29.8 Å². The third-order valence-corrected chi connectivity index (χ3v) is 3.68. The fourth-order valence-corrected chi connectivity index (χ4v) is 2.21. The number of carbonyl (C=O) groups is 1. The van der Waals surface area contributed by atoms with Gasteiger partial charge in [0.1, 0.15) is 5.75 Å². The second kappa shape index (κ2) is 7.46. The maximum absolute atomic E-state index is 12.0. The van der Waals surface area contributed by atoms with Gasteiger partial charge in [-0.15, -0.1) is 0 Å². The molecule has 2 N–H and O–H groups in total. The molecule has 1 aliphatic rings. The molecule has 0 bridgehead atoms. The highest BCUT2D eigenvalue weighted by Gasteiger charge is 2.26. The van der Waals surface area contributed by atoms with Gasteiger partial charge in [-0.1, -0.05) is 25.1 Å². The fourth-order valence-electron chi connectivity index (χ4n) is 2.21. The molecule has 1 amide bonds. The van der Waals surface area contributed by atoms with Crippen molar-refractivity contribution in [2.24, 2.45) is 0 Å². The molecular formula is C17H26N2O2. The molecule has 1 aromatic carbocycles. The van der Waals surface area contributed by atoms with Crippen molar-refractivity contribution in [2.75, 3.05) is 6.54 Å². The Bertz CT molecular complexity index is 472. The predicted molar refractivity (Wildman–Crippen MR) is 84.4 cm³/mol. The average Bonchev–Trinajstić information content (AvgIpc) is 3.29. The molecule has 4 heteroatoms. The topological polar surface area (TPSA) is 50.4 Å². The minimum atomic E-state index is -0.467. The monoisotopic (exact) mass is 290 g/mol. The Morgan fingerprint density at radius 1 is 1.33 bits per heavy atom. The second-order valence-corrected chi connectivity index (χ2v) is 5.76. The quantitative estimate of drug-likeness (QED) is 0.774. The number of benzene rings is 1. The standard InChI is InChI=1S/C17H26N2O2/c1-4-11-18-12(2)15-7-5-6-8-16(15)21-13(3)17(20)19-14-9-10-14/h5-8,12-14,18H,4,9-11H2,1-3H3,(H,19,20). The van der Waals surface area contributed by atoms with Crippen LogP contribution < -0.4 is 15.4 Å². The van der Waals surface area contributed by atoms with Crippen LogP contribution in [0.1, 0.15) is 51.6 Å². The molecule has 2 rings (SSSR count). The van der Waals surface area contributed by atoms with Crippen LogP contribution in [-0.4, -0.2) is 24.6 Å². The molecule has 1 fully saturated rings. The molecule has 2 unspecified atom stereocenters. The number of nitrogens with one attached hydrogen (secondary N) is 2. The maximum Gasteiger partial charge on any atom is 0.260 e. The van der Waals surface area contributed by atoms with E-state index in [1.807, 2.05) is 24.3 Å². The van der Waals surface area contributed by atoms with Crippen LogP contribution >= 0.6 is 0 Å². The van der Waals surface area contributed by atoms with Gasteiger partial charge in [0.15, 0.2) is 6.10 Å². The summed E-state index contributed by atoms with van der Waals surface area (Å²) in [5.74, 6) is 0.758. The number of ether oxygens (including phenoxy) is 1. The van der Waals surface area contributed by atoms with Gasteiger partial charge in [0.25, 0.3) is 5.91 Å². The van der Waals surface area contributed by atoms with Gasteiger partial charge >= 0.3 is 0 Å². The summed E-state index contributed by atoms with van der Waals surface area (Å²) in [4.78, 5) is 12.0. The van der Waals surface area contributed by atoms with Gasteiger partial charge in [-0.05, 0) is 45.7 Å². The van der Waals surface area contributed by atoms with Crippen molar-refractivity contribution in [3.8, 4) is 5.75 Å². The summed E-state index contributed by atoms with van der Waals surface area (Å²) >= 11 is 0. The SMILES string of the molecule is CCCNC(C)c1ccccc1OC(C)C(=O)NC1CC1. The van der Waals surface area contributed by atoms with Crippen molar-refractivity contribution in [2.45, 2.75) is 58.2 Å². The second-order valence-electron chi connectivity index (χ2n) is 5.76. The average molecular weight is 290 g/mol. The first-order valence-electron chi connectivity index (χ1n) is 7.91. The highest BCUT2D eigenvalue weighted by Crippen LogP contribution is 2.26. The summed E-state index contributed by atoms with van der Waals surface area (Å²) in [5.41, 5.74) is 1.09. The first-order valence-corrected chi connectivity index (χ1v) is 7.91. The molecule has 0 spiro atoms. The van der Waals surface area contributed by atoms with Gasteiger partial charge in [0, 0.05) is 17.6 Å². The van der Waals surface area contributed by atoms with Crippen molar-refractivity contribution >= 4 is 5.91 Å². The molecule has 1 saturated carbocycles. The smallest absolute Gasteiger partial charge is 0.260 e. The van der Waals surface area contributed by atoms with E-state index in [9.17, 15) is 4.79 Å². The Labute approximate surface area is 127 Å². The molecule has 1 aromatic rings. The van der Waals surface area contributed by atoms with Gasteiger partial charge in [0.2, 0.25) is 0 Å². The molecule has 0 heterocycles. The number of hydrogen-bond donors (Lipinski definition) is 2. The van der Waals surface area contributed by atoms with E-state index in [4.69, 9.17) is 4.74 Å². The molecule has 4 nitrogen and oxygen atoms in total. The number of carbonyl (C=O) groups excluding carboxylic acids is 1. The van der Waals surface area contributed by atoms with Crippen molar-refractivity contribution < 1.29 is 9.53 Å². The first-order chi connectivity index (χ1) is 10.1. The van der Waals surface area contributed by atoms with Gasteiger partial charge in [0.05, 0.1) is 0 Å². The van der Waals surface area contributed by atoms with Crippen LogP contribution in [0, 0.1) is 0 Å². The third kappa shape index (κ3) is 4.74. The van der Waals surface area contributed by atoms with E-state index in [1.54, 1.807) is 6.92 Å². The lowest BCUT2D eigenvalue weighted by Gasteiger charge is -2.21. The Kier molecular flexibility index (Phi) is 5.62. The summed E-state index contributed by atoms with van der Waals surface area (Å²) < 4.78 is 5.88. The zero-order chi connectivity index (χ0) is 15.2. The third-order valence-electron chi connectivity index (χ3n) is 3.68. The molecule has 21 heavy (non-hydrogen) atoms. The summed E-state index contributed by atoms with van der Waals surface area (Å²) in [5, 5.41) is 6.43. The summed E-state index contributed by atoms with van der Waals surface area (Å²) in [6.45, 7) is 7.03. The lowest BCUT2D eigenvalue weighted by molar-refractivity contribution is -0.127. The van der Waals surface area contributed by atoms with E-state index < -0.39 is 6.10 Å². The van der Waals surface area contributed by atoms with Crippen molar-refractivity contribution in [3.63, 3.8) is 0 Å². The van der Waals surface area contributed by atoms with Crippen molar-refractivity contribution in [1.82, 2.24) is 10.6 Å². The Balaban J connectivity index is 1.99. The summed E-state index contributed by atoms with van der Waals surface area (Å²) in [6.07, 6.45) is 2.80. The minimum absolute atomic E-state index is 0.0264. The summed E-state index contributed by atoms with van der Waals surface area (Å²) in [7, 11) is 0. The van der Waals surface area contributed by atoms with Crippen LogP contribution in [0.5, 0.6) is 5.75 Å². The van der Waals surface area contributed by atoms with Gasteiger partial charge in [-0.2, -0.15) is 0 Å². The van der Waals surface area contributed by atoms with Crippen LogP contribution in [0.15, 0.2) is 24.3 Å². The van der Waals surface area contributed by atoms with E-state index in [1.165, 1.54) is 0 Å². The summed E-state index contributed by atoms with van der Waals surface area (Å²) in [6, 6.07) is 8.50.